The Hall–Kier alpha value is -0.230. The van der Waals surface area contributed by atoms with Gasteiger partial charge in [-0.15, -0.1) is 35.5 Å². The van der Waals surface area contributed by atoms with Gasteiger partial charge in [-0.2, -0.15) is 0 Å². The fourth-order valence-electron chi connectivity index (χ4n) is 2.26. The van der Waals surface area contributed by atoms with Crippen molar-refractivity contribution >= 4 is 41.4 Å². The van der Waals surface area contributed by atoms with Crippen LogP contribution >= 0.6 is 35.5 Å². The number of carbonyl (C=O) groups is 1. The number of hydrogen-bond acceptors (Lipinski definition) is 4. The Labute approximate surface area is 129 Å². The molecule has 1 amide bonds. The summed E-state index contributed by atoms with van der Waals surface area (Å²) in [5, 5.41) is 8.42. The first-order valence-corrected chi connectivity index (χ1v) is 8.52. The summed E-state index contributed by atoms with van der Waals surface area (Å²) in [5.41, 5.74) is 0. The van der Waals surface area contributed by atoms with Gasteiger partial charge in [0.15, 0.2) is 0 Å². The van der Waals surface area contributed by atoms with Gasteiger partial charge < -0.3 is 10.6 Å². The number of amides is 1. The zero-order valence-electron chi connectivity index (χ0n) is 11.1. The Kier molecular flexibility index (Phi) is 7.83. The summed E-state index contributed by atoms with van der Waals surface area (Å²) in [6.07, 6.45) is 5.64. The average molecular weight is 321 g/mol. The van der Waals surface area contributed by atoms with Gasteiger partial charge in [-0.05, 0) is 56.0 Å². The third-order valence-electron chi connectivity index (χ3n) is 3.29. The molecule has 0 spiro atoms. The summed E-state index contributed by atoms with van der Waals surface area (Å²) >= 11 is 3.15. The summed E-state index contributed by atoms with van der Waals surface area (Å²) in [6.45, 7) is 3.04. The van der Waals surface area contributed by atoms with E-state index in [4.69, 9.17) is 0 Å². The highest BCUT2D eigenvalue weighted by atomic mass is 35.5. The van der Waals surface area contributed by atoms with Crippen molar-refractivity contribution in [3.8, 4) is 0 Å². The van der Waals surface area contributed by atoms with Crippen LogP contribution in [0.5, 0.6) is 0 Å². The third kappa shape index (κ3) is 4.99. The zero-order chi connectivity index (χ0) is 12.8. The van der Waals surface area contributed by atoms with Crippen molar-refractivity contribution < 1.29 is 4.79 Å². The van der Waals surface area contributed by atoms with Gasteiger partial charge in [0, 0.05) is 11.4 Å². The molecule has 3 nitrogen and oxygen atoms in total. The summed E-state index contributed by atoms with van der Waals surface area (Å²) in [4.78, 5) is 13.9. The Bertz CT molecular complexity index is 392. The summed E-state index contributed by atoms with van der Waals surface area (Å²) in [5.74, 6) is 0.806. The van der Waals surface area contributed by atoms with Crippen molar-refractivity contribution in [1.29, 1.82) is 0 Å². The van der Waals surface area contributed by atoms with E-state index in [1.165, 1.54) is 24.2 Å². The summed E-state index contributed by atoms with van der Waals surface area (Å²) < 4.78 is 0. The van der Waals surface area contributed by atoms with Gasteiger partial charge in [0.05, 0.1) is 0 Å². The van der Waals surface area contributed by atoms with E-state index < -0.39 is 0 Å². The maximum absolute atomic E-state index is 12.0. The fourth-order valence-corrected chi connectivity index (χ4v) is 3.93. The molecule has 108 valence electrons. The predicted molar refractivity (Wildman–Crippen MR) is 85.9 cm³/mol. The largest absolute Gasteiger partial charge is 0.351 e. The summed E-state index contributed by atoms with van der Waals surface area (Å²) in [6, 6.07) is 2.01. The molecule has 1 saturated heterocycles. The number of halogens is 1. The molecule has 1 aliphatic rings. The molecule has 1 aliphatic heterocycles. The molecule has 0 aromatic carbocycles. The van der Waals surface area contributed by atoms with Crippen LogP contribution < -0.4 is 10.6 Å². The quantitative estimate of drug-likeness (QED) is 0.819. The van der Waals surface area contributed by atoms with Gasteiger partial charge >= 0.3 is 0 Å². The molecule has 1 fully saturated rings. The predicted octanol–water partition coefficient (Wildman–Crippen LogP) is 3.01. The first-order chi connectivity index (χ1) is 8.81. The topological polar surface area (TPSA) is 41.1 Å². The maximum Gasteiger partial charge on any atom is 0.262 e. The number of hydrogen-bond donors (Lipinski definition) is 2. The molecular weight excluding hydrogens is 300 g/mol. The van der Waals surface area contributed by atoms with Crippen LogP contribution in [-0.4, -0.2) is 31.8 Å². The van der Waals surface area contributed by atoms with Gasteiger partial charge in [0.2, 0.25) is 0 Å². The zero-order valence-corrected chi connectivity index (χ0v) is 13.6. The standard InChI is InChI=1S/C13H20N2OS2.ClH/c1-17-11-5-8-18-12(11)13(16)15-7-4-10-3-2-6-14-9-10;/h5,8,10,14H,2-4,6-7,9H2,1H3,(H,15,16);1H. The van der Waals surface area contributed by atoms with E-state index in [1.807, 2.05) is 17.7 Å². The lowest BCUT2D eigenvalue weighted by atomic mass is 9.96. The second kappa shape index (κ2) is 8.84. The molecule has 1 aromatic rings. The highest BCUT2D eigenvalue weighted by Gasteiger charge is 2.15. The van der Waals surface area contributed by atoms with E-state index in [2.05, 4.69) is 10.6 Å². The smallest absolute Gasteiger partial charge is 0.262 e. The minimum absolute atomic E-state index is 0. The monoisotopic (exact) mass is 320 g/mol. The van der Waals surface area contributed by atoms with Crippen molar-refractivity contribution in [2.75, 3.05) is 25.9 Å². The van der Waals surface area contributed by atoms with Crippen molar-refractivity contribution in [1.82, 2.24) is 10.6 Å². The lowest BCUT2D eigenvalue weighted by Crippen LogP contribution is -2.33. The molecule has 6 heteroatoms. The highest BCUT2D eigenvalue weighted by molar-refractivity contribution is 7.98. The van der Waals surface area contributed by atoms with Crippen molar-refractivity contribution in [2.24, 2.45) is 5.92 Å². The molecule has 0 bridgehead atoms. The van der Waals surface area contributed by atoms with E-state index in [1.54, 1.807) is 11.8 Å². The van der Waals surface area contributed by atoms with Crippen LogP contribution in [0, 0.1) is 5.92 Å². The SMILES string of the molecule is CSc1ccsc1C(=O)NCCC1CCCNC1.Cl. The van der Waals surface area contributed by atoms with E-state index in [-0.39, 0.29) is 18.3 Å². The molecular formula is C13H21ClN2OS2. The maximum atomic E-state index is 12.0. The first-order valence-electron chi connectivity index (χ1n) is 6.41. The molecule has 0 saturated carbocycles. The Balaban J connectivity index is 0.00000180. The number of rotatable bonds is 5. The van der Waals surface area contributed by atoms with Crippen molar-refractivity contribution in [2.45, 2.75) is 24.2 Å². The molecule has 0 aliphatic carbocycles. The molecule has 2 heterocycles. The van der Waals surface area contributed by atoms with Crippen LogP contribution in [0.2, 0.25) is 0 Å². The van der Waals surface area contributed by atoms with E-state index >= 15 is 0 Å². The molecule has 19 heavy (non-hydrogen) atoms. The minimum Gasteiger partial charge on any atom is -0.351 e. The third-order valence-corrected chi connectivity index (χ3v) is 5.11. The van der Waals surface area contributed by atoms with Crippen LogP contribution in [0.4, 0.5) is 0 Å². The van der Waals surface area contributed by atoms with Gasteiger partial charge in [0.1, 0.15) is 4.88 Å². The van der Waals surface area contributed by atoms with Crippen LogP contribution in [0.25, 0.3) is 0 Å². The number of thiophene rings is 1. The molecule has 1 atom stereocenters. The Morgan fingerprint density at radius 1 is 1.63 bits per heavy atom. The molecule has 0 radical (unpaired) electrons. The van der Waals surface area contributed by atoms with Gasteiger partial charge in [-0.1, -0.05) is 0 Å². The van der Waals surface area contributed by atoms with E-state index in [0.717, 1.165) is 41.7 Å². The van der Waals surface area contributed by atoms with E-state index in [0.29, 0.717) is 0 Å². The first kappa shape index (κ1) is 16.8. The molecule has 2 N–H and O–H groups in total. The Morgan fingerprint density at radius 2 is 2.47 bits per heavy atom. The number of piperidine rings is 1. The highest BCUT2D eigenvalue weighted by Crippen LogP contribution is 2.25. The molecule has 1 aromatic heterocycles. The van der Waals surface area contributed by atoms with Crippen LogP contribution in [0.3, 0.4) is 0 Å². The minimum atomic E-state index is 0. The fraction of sp³-hybridized carbons (Fsp3) is 0.615. The van der Waals surface area contributed by atoms with Crippen LogP contribution in [0.15, 0.2) is 16.3 Å². The van der Waals surface area contributed by atoms with Gasteiger partial charge in [0.25, 0.3) is 5.91 Å². The Morgan fingerprint density at radius 3 is 3.16 bits per heavy atom. The molecule has 2 rings (SSSR count). The van der Waals surface area contributed by atoms with Gasteiger partial charge in [-0.3, -0.25) is 4.79 Å². The lowest BCUT2D eigenvalue weighted by molar-refractivity contribution is 0.0952. The second-order valence-corrected chi connectivity index (χ2v) is 6.34. The van der Waals surface area contributed by atoms with Crippen LogP contribution in [0.1, 0.15) is 28.9 Å². The normalized spacial score (nSPS) is 18.7. The summed E-state index contributed by atoms with van der Waals surface area (Å²) in [7, 11) is 0. The average Bonchev–Trinajstić information content (AvgIpc) is 2.88. The number of carbonyl (C=O) groups excluding carboxylic acids is 1. The van der Waals surface area contributed by atoms with Crippen LogP contribution in [-0.2, 0) is 0 Å². The van der Waals surface area contributed by atoms with Crippen molar-refractivity contribution in [3.05, 3.63) is 16.3 Å². The lowest BCUT2D eigenvalue weighted by Gasteiger charge is -2.22. The van der Waals surface area contributed by atoms with E-state index in [9.17, 15) is 4.79 Å². The second-order valence-electron chi connectivity index (χ2n) is 4.58. The molecule has 1 unspecified atom stereocenters. The van der Waals surface area contributed by atoms with Gasteiger partial charge in [-0.25, -0.2) is 0 Å². The van der Waals surface area contributed by atoms with Crippen molar-refractivity contribution in [3.63, 3.8) is 0 Å². The number of thioether (sulfide) groups is 1. The number of nitrogens with one attached hydrogen (secondary N) is 2.